The molecule has 2 atom stereocenters. The summed E-state index contributed by atoms with van der Waals surface area (Å²) in [5.74, 6) is -0.0313. The van der Waals surface area contributed by atoms with Crippen molar-refractivity contribution < 1.29 is 22.8 Å². The predicted octanol–water partition coefficient (Wildman–Crippen LogP) is 4.31. The van der Waals surface area contributed by atoms with Crippen LogP contribution in [0.2, 0.25) is 0 Å². The van der Waals surface area contributed by atoms with Crippen LogP contribution >= 0.6 is 0 Å². The number of alkyl halides is 3. The van der Waals surface area contributed by atoms with Crippen LogP contribution in [0.4, 0.5) is 13.2 Å². The van der Waals surface area contributed by atoms with Crippen molar-refractivity contribution in [3.8, 4) is 0 Å². The average molecular weight is 384 g/mol. The fourth-order valence-electron chi connectivity index (χ4n) is 3.45. The molecule has 27 heavy (non-hydrogen) atoms. The first-order valence-electron chi connectivity index (χ1n) is 9.45. The van der Waals surface area contributed by atoms with Crippen LogP contribution in [-0.2, 0) is 15.8 Å². The summed E-state index contributed by atoms with van der Waals surface area (Å²) in [4.78, 5) is 26.0. The summed E-state index contributed by atoms with van der Waals surface area (Å²) in [6.07, 6.45) is -1.09. The van der Waals surface area contributed by atoms with Crippen LogP contribution < -0.4 is 5.32 Å². The maximum Gasteiger partial charge on any atom is 0.416 e. The fraction of sp³-hybridized carbons (Fsp3) is 0.600. The Kier molecular flexibility index (Phi) is 7.27. The van der Waals surface area contributed by atoms with Gasteiger partial charge < -0.3 is 10.2 Å². The molecule has 1 heterocycles. The van der Waals surface area contributed by atoms with Crippen LogP contribution in [0.15, 0.2) is 24.3 Å². The number of rotatable bonds is 8. The molecule has 0 saturated carbocycles. The molecule has 0 aliphatic carbocycles. The van der Waals surface area contributed by atoms with Gasteiger partial charge >= 0.3 is 6.18 Å². The van der Waals surface area contributed by atoms with Crippen LogP contribution in [-0.4, -0.2) is 29.8 Å². The largest absolute Gasteiger partial charge is 0.416 e. The number of nitrogens with zero attached hydrogens (tertiary/aromatic N) is 1. The molecular formula is C20H27F3N2O2. The van der Waals surface area contributed by atoms with E-state index in [1.165, 1.54) is 6.07 Å². The average Bonchev–Trinajstić information content (AvgIpc) is 2.98. The van der Waals surface area contributed by atoms with Crippen molar-refractivity contribution in [1.29, 1.82) is 0 Å². The van der Waals surface area contributed by atoms with Crippen molar-refractivity contribution in [2.45, 2.75) is 58.2 Å². The van der Waals surface area contributed by atoms with Crippen LogP contribution in [0.25, 0.3) is 0 Å². The molecule has 2 rings (SSSR count). The molecule has 0 spiro atoms. The van der Waals surface area contributed by atoms with Gasteiger partial charge in [0.05, 0.1) is 11.6 Å². The van der Waals surface area contributed by atoms with E-state index in [0.717, 1.165) is 31.4 Å². The molecular weight excluding hydrogens is 357 g/mol. The van der Waals surface area contributed by atoms with Gasteiger partial charge in [0, 0.05) is 25.9 Å². The van der Waals surface area contributed by atoms with Crippen molar-refractivity contribution in [2.24, 2.45) is 5.92 Å². The Morgan fingerprint density at radius 1 is 1.33 bits per heavy atom. The van der Waals surface area contributed by atoms with Crippen molar-refractivity contribution in [2.75, 3.05) is 13.1 Å². The summed E-state index contributed by atoms with van der Waals surface area (Å²) in [5, 5.41) is 2.85. The maximum atomic E-state index is 13.1. The molecule has 4 nitrogen and oxygen atoms in total. The third-order valence-corrected chi connectivity index (χ3v) is 4.84. The second-order valence-corrected chi connectivity index (χ2v) is 7.28. The Morgan fingerprint density at radius 2 is 2.07 bits per heavy atom. The van der Waals surface area contributed by atoms with Gasteiger partial charge in [-0.2, -0.15) is 13.2 Å². The van der Waals surface area contributed by atoms with Crippen LogP contribution in [0.3, 0.4) is 0 Å². The molecule has 2 amide bonds. The zero-order valence-electron chi connectivity index (χ0n) is 15.8. The number of hydrogen-bond acceptors (Lipinski definition) is 2. The van der Waals surface area contributed by atoms with Gasteiger partial charge in [0.2, 0.25) is 11.8 Å². The van der Waals surface area contributed by atoms with Crippen molar-refractivity contribution in [1.82, 2.24) is 10.2 Å². The topological polar surface area (TPSA) is 49.4 Å². The highest BCUT2D eigenvalue weighted by molar-refractivity contribution is 5.79. The number of nitrogens with one attached hydrogen (secondary N) is 1. The van der Waals surface area contributed by atoms with Gasteiger partial charge in [-0.3, -0.25) is 9.59 Å². The Balaban J connectivity index is 2.19. The summed E-state index contributed by atoms with van der Waals surface area (Å²) in [6, 6.07) is 4.31. The number of carbonyl (C=O) groups is 2. The van der Waals surface area contributed by atoms with Crippen LogP contribution in [0, 0.1) is 5.92 Å². The van der Waals surface area contributed by atoms with Crippen molar-refractivity contribution in [3.63, 3.8) is 0 Å². The van der Waals surface area contributed by atoms with E-state index in [4.69, 9.17) is 0 Å². The molecule has 1 fully saturated rings. The molecule has 1 aliphatic heterocycles. The minimum atomic E-state index is -4.45. The number of hydrogen-bond donors (Lipinski definition) is 1. The third kappa shape index (κ3) is 6.26. The fourth-order valence-corrected chi connectivity index (χ4v) is 3.45. The molecule has 1 aromatic rings. The Morgan fingerprint density at radius 3 is 2.67 bits per heavy atom. The predicted molar refractivity (Wildman–Crippen MR) is 96.8 cm³/mol. The summed E-state index contributed by atoms with van der Waals surface area (Å²) in [7, 11) is 0. The van der Waals surface area contributed by atoms with E-state index in [1.807, 2.05) is 13.8 Å². The smallest absolute Gasteiger partial charge is 0.347 e. The number of amides is 2. The van der Waals surface area contributed by atoms with E-state index >= 15 is 0 Å². The van der Waals surface area contributed by atoms with Gasteiger partial charge in [0.1, 0.15) is 0 Å². The Bertz CT molecular complexity index is 661. The highest BCUT2D eigenvalue weighted by Gasteiger charge is 2.32. The van der Waals surface area contributed by atoms with Gasteiger partial charge in [-0.1, -0.05) is 38.8 Å². The molecule has 1 aromatic carbocycles. The summed E-state index contributed by atoms with van der Waals surface area (Å²) in [6.45, 7) is 4.77. The maximum absolute atomic E-state index is 13.1. The number of likely N-dealkylation sites (tertiary alicyclic amines) is 1. The van der Waals surface area contributed by atoms with Crippen molar-refractivity contribution in [3.05, 3.63) is 35.4 Å². The third-order valence-electron chi connectivity index (χ3n) is 4.84. The number of benzene rings is 1. The molecule has 2 unspecified atom stereocenters. The standard InChI is InChI=1S/C20H27F3N2O2/c1-3-6-14(2)11-18(26)24-17(13-25-10-5-9-19(25)27)15-7-4-8-16(12-15)20(21,22)23/h4,7-8,12,14,17H,3,5-6,9-11,13H2,1-2H3,(H,24,26). The first kappa shape index (κ1) is 21.3. The van der Waals surface area contributed by atoms with E-state index in [1.54, 1.807) is 11.0 Å². The summed E-state index contributed by atoms with van der Waals surface area (Å²) in [5.41, 5.74) is -0.396. The SMILES string of the molecule is CCCC(C)CC(=O)NC(CN1CCCC1=O)c1cccc(C(F)(F)F)c1. The Labute approximate surface area is 158 Å². The van der Waals surface area contributed by atoms with Gasteiger partial charge in [0.25, 0.3) is 0 Å². The first-order chi connectivity index (χ1) is 12.7. The van der Waals surface area contributed by atoms with E-state index < -0.39 is 17.8 Å². The Hall–Kier alpha value is -2.05. The second kappa shape index (κ2) is 9.24. The molecule has 1 saturated heterocycles. The van der Waals surface area contributed by atoms with E-state index in [-0.39, 0.29) is 24.3 Å². The molecule has 0 aromatic heterocycles. The van der Waals surface area contributed by atoms with Gasteiger partial charge in [-0.05, 0) is 30.0 Å². The molecule has 1 N–H and O–H groups in total. The molecule has 150 valence electrons. The lowest BCUT2D eigenvalue weighted by Gasteiger charge is -2.26. The van der Waals surface area contributed by atoms with E-state index in [9.17, 15) is 22.8 Å². The zero-order valence-corrected chi connectivity index (χ0v) is 15.8. The normalized spacial score (nSPS) is 17.1. The lowest BCUT2D eigenvalue weighted by molar-refractivity contribution is -0.137. The van der Waals surface area contributed by atoms with Gasteiger partial charge in [-0.15, -0.1) is 0 Å². The van der Waals surface area contributed by atoms with E-state index in [0.29, 0.717) is 24.9 Å². The molecule has 0 bridgehead atoms. The van der Waals surface area contributed by atoms with Crippen LogP contribution in [0.1, 0.15) is 63.1 Å². The minimum absolute atomic E-state index is 0.0272. The van der Waals surface area contributed by atoms with Crippen molar-refractivity contribution >= 4 is 11.8 Å². The highest BCUT2D eigenvalue weighted by atomic mass is 19.4. The quantitative estimate of drug-likeness (QED) is 0.726. The summed E-state index contributed by atoms with van der Waals surface area (Å²) < 4.78 is 39.2. The van der Waals surface area contributed by atoms with Crippen LogP contribution in [0.5, 0.6) is 0 Å². The van der Waals surface area contributed by atoms with Gasteiger partial charge in [-0.25, -0.2) is 0 Å². The first-order valence-corrected chi connectivity index (χ1v) is 9.45. The number of halogens is 3. The second-order valence-electron chi connectivity index (χ2n) is 7.28. The lowest BCUT2D eigenvalue weighted by Crippen LogP contribution is -2.39. The van der Waals surface area contributed by atoms with Gasteiger partial charge in [0.15, 0.2) is 0 Å². The lowest BCUT2D eigenvalue weighted by atomic mass is 10.00. The van der Waals surface area contributed by atoms with E-state index in [2.05, 4.69) is 5.32 Å². The molecule has 7 heteroatoms. The highest BCUT2D eigenvalue weighted by Crippen LogP contribution is 2.31. The zero-order chi connectivity index (χ0) is 20.0. The molecule has 0 radical (unpaired) electrons. The number of carbonyl (C=O) groups excluding carboxylic acids is 2. The summed E-state index contributed by atoms with van der Waals surface area (Å²) >= 11 is 0. The minimum Gasteiger partial charge on any atom is -0.347 e. The monoisotopic (exact) mass is 384 g/mol. The molecule has 1 aliphatic rings.